The molecule has 0 bridgehead atoms. The van der Waals surface area contributed by atoms with Crippen LogP contribution in [0.1, 0.15) is 13.3 Å². The Balaban J connectivity index is 2.46. The van der Waals surface area contributed by atoms with Gasteiger partial charge in [0.1, 0.15) is 0 Å². The molecule has 1 rings (SSSR count). The van der Waals surface area contributed by atoms with Crippen molar-refractivity contribution in [3.63, 3.8) is 0 Å². The first-order valence-corrected chi connectivity index (χ1v) is 6.76. The second-order valence-electron chi connectivity index (χ2n) is 4.70. The highest BCUT2D eigenvalue weighted by molar-refractivity contribution is 8.00. The van der Waals surface area contributed by atoms with Gasteiger partial charge in [0.05, 0.1) is 6.54 Å². The summed E-state index contributed by atoms with van der Waals surface area (Å²) in [7, 11) is 4.04. The summed E-state index contributed by atoms with van der Waals surface area (Å²) in [4.78, 5) is 15.0. The van der Waals surface area contributed by atoms with Crippen molar-refractivity contribution in [1.29, 1.82) is 0 Å². The summed E-state index contributed by atoms with van der Waals surface area (Å²) in [6.45, 7) is 4.15. The van der Waals surface area contributed by atoms with Crippen LogP contribution >= 0.6 is 11.8 Å². The van der Waals surface area contributed by atoms with E-state index in [0.717, 1.165) is 25.3 Å². The topological polar surface area (TPSA) is 43.8 Å². The Morgan fingerprint density at radius 2 is 2.12 bits per heavy atom. The summed E-state index contributed by atoms with van der Waals surface area (Å²) in [6.07, 6.45) is 1.12. The molecule has 1 saturated heterocycles. The van der Waals surface area contributed by atoms with Gasteiger partial charge in [-0.3, -0.25) is 9.69 Å². The maximum Gasteiger partial charge on any atom is 0.317 e. The predicted octanol–water partition coefficient (Wildman–Crippen LogP) is 0.829. The number of likely N-dealkylation sites (N-methyl/N-ethyl adjacent to an activating group) is 1. The number of carboxylic acids is 1. The molecular weight excluding hydrogens is 224 g/mol. The van der Waals surface area contributed by atoms with E-state index in [4.69, 9.17) is 5.11 Å². The van der Waals surface area contributed by atoms with E-state index in [-0.39, 0.29) is 6.54 Å². The third-order valence-electron chi connectivity index (χ3n) is 2.87. The van der Waals surface area contributed by atoms with Crippen LogP contribution in [0.3, 0.4) is 0 Å². The van der Waals surface area contributed by atoms with Crippen LogP contribution in [0.2, 0.25) is 0 Å². The van der Waals surface area contributed by atoms with Crippen LogP contribution in [0.25, 0.3) is 0 Å². The quantitative estimate of drug-likeness (QED) is 0.752. The smallest absolute Gasteiger partial charge is 0.317 e. The van der Waals surface area contributed by atoms with Crippen LogP contribution < -0.4 is 0 Å². The third kappa shape index (κ3) is 4.72. The lowest BCUT2D eigenvalue weighted by Crippen LogP contribution is -2.43. The monoisotopic (exact) mass is 246 g/mol. The van der Waals surface area contributed by atoms with Crippen molar-refractivity contribution < 1.29 is 9.90 Å². The zero-order chi connectivity index (χ0) is 12.1. The predicted molar refractivity (Wildman–Crippen MR) is 68.1 cm³/mol. The normalized spacial score (nSPS) is 25.6. The van der Waals surface area contributed by atoms with Gasteiger partial charge in [-0.1, -0.05) is 6.92 Å². The zero-order valence-electron chi connectivity index (χ0n) is 10.3. The van der Waals surface area contributed by atoms with E-state index in [9.17, 15) is 4.79 Å². The van der Waals surface area contributed by atoms with Crippen molar-refractivity contribution in [2.24, 2.45) is 0 Å². The third-order valence-corrected chi connectivity index (χ3v) is 4.21. The Kier molecular flexibility index (Phi) is 5.58. The van der Waals surface area contributed by atoms with Gasteiger partial charge < -0.3 is 10.0 Å². The highest BCUT2D eigenvalue weighted by Gasteiger charge is 2.28. The SMILES string of the molecule is CC1CC(N(CCN(C)C)CC(=O)O)CS1. The molecule has 0 amide bonds. The summed E-state index contributed by atoms with van der Waals surface area (Å²) in [5, 5.41) is 9.58. The molecule has 1 fully saturated rings. The first-order chi connectivity index (χ1) is 7.49. The molecule has 1 aliphatic rings. The first-order valence-electron chi connectivity index (χ1n) is 5.71. The Bertz CT molecular complexity index is 236. The Morgan fingerprint density at radius 1 is 1.44 bits per heavy atom. The number of nitrogens with zero attached hydrogens (tertiary/aromatic N) is 2. The molecule has 16 heavy (non-hydrogen) atoms. The van der Waals surface area contributed by atoms with E-state index in [1.165, 1.54) is 0 Å². The second kappa shape index (κ2) is 6.47. The van der Waals surface area contributed by atoms with Gasteiger partial charge in [-0.15, -0.1) is 0 Å². The van der Waals surface area contributed by atoms with Crippen molar-refractivity contribution in [3.05, 3.63) is 0 Å². The van der Waals surface area contributed by atoms with Crippen LogP contribution in [0.5, 0.6) is 0 Å². The van der Waals surface area contributed by atoms with E-state index in [1.807, 2.05) is 25.9 Å². The van der Waals surface area contributed by atoms with Crippen molar-refractivity contribution in [2.75, 3.05) is 39.5 Å². The Hall–Kier alpha value is -0.260. The van der Waals surface area contributed by atoms with Crippen molar-refractivity contribution >= 4 is 17.7 Å². The van der Waals surface area contributed by atoms with Gasteiger partial charge in [0.25, 0.3) is 0 Å². The van der Waals surface area contributed by atoms with E-state index in [1.54, 1.807) is 0 Å². The molecule has 0 aromatic carbocycles. The molecule has 5 heteroatoms. The van der Waals surface area contributed by atoms with Gasteiger partial charge in [-0.2, -0.15) is 11.8 Å². The molecule has 4 nitrogen and oxygen atoms in total. The van der Waals surface area contributed by atoms with Crippen LogP contribution in [0, 0.1) is 0 Å². The fourth-order valence-electron chi connectivity index (χ4n) is 1.94. The number of rotatable bonds is 6. The van der Waals surface area contributed by atoms with E-state index in [2.05, 4.69) is 16.7 Å². The number of hydrogen-bond acceptors (Lipinski definition) is 4. The first kappa shape index (κ1) is 13.8. The molecular formula is C11H22N2O2S. The van der Waals surface area contributed by atoms with Crippen LogP contribution in [0.4, 0.5) is 0 Å². The van der Waals surface area contributed by atoms with Gasteiger partial charge in [-0.25, -0.2) is 0 Å². The lowest BCUT2D eigenvalue weighted by atomic mass is 10.1. The average Bonchev–Trinajstić information content (AvgIpc) is 2.58. The zero-order valence-corrected chi connectivity index (χ0v) is 11.2. The molecule has 1 N–H and O–H groups in total. The molecule has 0 spiro atoms. The molecule has 0 saturated carbocycles. The summed E-state index contributed by atoms with van der Waals surface area (Å²) in [5.74, 6) is 0.352. The van der Waals surface area contributed by atoms with Gasteiger partial charge >= 0.3 is 5.97 Å². The minimum atomic E-state index is -0.719. The van der Waals surface area contributed by atoms with E-state index >= 15 is 0 Å². The largest absolute Gasteiger partial charge is 0.480 e. The van der Waals surface area contributed by atoms with Crippen molar-refractivity contribution in [1.82, 2.24) is 9.80 Å². The summed E-state index contributed by atoms with van der Waals surface area (Å²) < 4.78 is 0. The van der Waals surface area contributed by atoms with Crippen LogP contribution in [0.15, 0.2) is 0 Å². The number of hydrogen-bond donors (Lipinski definition) is 1. The molecule has 94 valence electrons. The number of thioether (sulfide) groups is 1. The van der Waals surface area contributed by atoms with Gasteiger partial charge in [0.15, 0.2) is 0 Å². The van der Waals surface area contributed by atoms with Crippen LogP contribution in [-0.4, -0.2) is 71.6 Å². The lowest BCUT2D eigenvalue weighted by molar-refractivity contribution is -0.138. The molecule has 1 aliphatic heterocycles. The number of aliphatic carboxylic acids is 1. The standard InChI is InChI=1S/C11H22N2O2S/c1-9-6-10(8-16-9)13(7-11(14)15)5-4-12(2)3/h9-10H,4-8H2,1-3H3,(H,14,15). The summed E-state index contributed by atoms with van der Waals surface area (Å²) >= 11 is 1.95. The molecule has 0 aromatic heterocycles. The Labute approximate surface area is 102 Å². The fraction of sp³-hybridized carbons (Fsp3) is 0.909. The molecule has 0 aromatic rings. The van der Waals surface area contributed by atoms with E-state index in [0.29, 0.717) is 11.3 Å². The highest BCUT2D eigenvalue weighted by atomic mass is 32.2. The minimum Gasteiger partial charge on any atom is -0.480 e. The highest BCUT2D eigenvalue weighted by Crippen LogP contribution is 2.29. The molecule has 1 heterocycles. The maximum absolute atomic E-state index is 10.8. The van der Waals surface area contributed by atoms with Crippen molar-refractivity contribution in [2.45, 2.75) is 24.6 Å². The van der Waals surface area contributed by atoms with Gasteiger partial charge in [0, 0.05) is 30.1 Å². The summed E-state index contributed by atoms with van der Waals surface area (Å²) in [5.41, 5.74) is 0. The summed E-state index contributed by atoms with van der Waals surface area (Å²) in [6, 6.07) is 0.441. The van der Waals surface area contributed by atoms with E-state index < -0.39 is 5.97 Å². The molecule has 0 radical (unpaired) electrons. The minimum absolute atomic E-state index is 0.172. The lowest BCUT2D eigenvalue weighted by Gasteiger charge is -2.28. The molecule has 2 atom stereocenters. The molecule has 0 aliphatic carbocycles. The maximum atomic E-state index is 10.8. The van der Waals surface area contributed by atoms with Gasteiger partial charge in [-0.05, 0) is 20.5 Å². The second-order valence-corrected chi connectivity index (χ2v) is 6.17. The Morgan fingerprint density at radius 3 is 2.56 bits per heavy atom. The van der Waals surface area contributed by atoms with Crippen LogP contribution in [-0.2, 0) is 4.79 Å². The van der Waals surface area contributed by atoms with Crippen molar-refractivity contribution in [3.8, 4) is 0 Å². The number of carbonyl (C=O) groups is 1. The average molecular weight is 246 g/mol. The van der Waals surface area contributed by atoms with Gasteiger partial charge in [0.2, 0.25) is 0 Å². The molecule has 2 unspecified atom stereocenters. The fourth-order valence-corrected chi connectivity index (χ4v) is 3.20. The number of carboxylic acid groups (broad SMARTS) is 1.